The van der Waals surface area contributed by atoms with Gasteiger partial charge in [0.25, 0.3) is 0 Å². The maximum absolute atomic E-state index is 10.6. The Kier molecular flexibility index (Phi) is 8.12. The zero-order valence-corrected chi connectivity index (χ0v) is 19.0. The van der Waals surface area contributed by atoms with Crippen LogP contribution in [0.4, 0.5) is 5.69 Å². The van der Waals surface area contributed by atoms with E-state index >= 15 is 0 Å². The van der Waals surface area contributed by atoms with Crippen molar-refractivity contribution >= 4 is 5.69 Å². The van der Waals surface area contributed by atoms with Crippen molar-refractivity contribution in [2.24, 2.45) is 0 Å². The van der Waals surface area contributed by atoms with E-state index in [0.717, 1.165) is 31.7 Å². The first-order chi connectivity index (χ1) is 13.7. The molecule has 0 radical (unpaired) electrons. The number of hydrogen-bond donors (Lipinski definition) is 2. The highest BCUT2D eigenvalue weighted by atomic mass is 16.5. The van der Waals surface area contributed by atoms with E-state index in [-0.39, 0.29) is 5.41 Å². The van der Waals surface area contributed by atoms with E-state index in [0.29, 0.717) is 6.42 Å². The average molecular weight is 399 g/mol. The molecule has 0 aliphatic rings. The summed E-state index contributed by atoms with van der Waals surface area (Å²) in [7, 11) is 5.83. The summed E-state index contributed by atoms with van der Waals surface area (Å²) in [6.45, 7) is 7.70. The van der Waals surface area contributed by atoms with Crippen LogP contribution in [0.2, 0.25) is 0 Å². The number of benzene rings is 2. The van der Waals surface area contributed by atoms with E-state index in [1.807, 2.05) is 26.0 Å². The number of nitrogens with zero attached hydrogens (tertiary/aromatic N) is 1. The van der Waals surface area contributed by atoms with Crippen LogP contribution in [-0.2, 0) is 12.0 Å². The fourth-order valence-electron chi connectivity index (χ4n) is 4.19. The van der Waals surface area contributed by atoms with Crippen LogP contribution in [0.25, 0.3) is 0 Å². The lowest BCUT2D eigenvalue weighted by atomic mass is 9.68. The second-order valence-corrected chi connectivity index (χ2v) is 8.81. The van der Waals surface area contributed by atoms with Gasteiger partial charge in [-0.05, 0) is 63.4 Å². The molecule has 0 aromatic heterocycles. The normalized spacial score (nSPS) is 13.8. The van der Waals surface area contributed by atoms with Crippen molar-refractivity contribution < 1.29 is 9.84 Å². The molecule has 2 aromatic rings. The van der Waals surface area contributed by atoms with E-state index in [2.05, 4.69) is 67.6 Å². The van der Waals surface area contributed by atoms with Crippen molar-refractivity contribution in [2.75, 3.05) is 32.6 Å². The second-order valence-electron chi connectivity index (χ2n) is 8.81. The summed E-state index contributed by atoms with van der Waals surface area (Å²) in [4.78, 5) is 2.11. The molecule has 0 spiro atoms. The highest BCUT2D eigenvalue weighted by Gasteiger charge is 2.37. The predicted molar refractivity (Wildman–Crippen MR) is 123 cm³/mol. The van der Waals surface area contributed by atoms with Gasteiger partial charge in [-0.15, -0.1) is 0 Å². The molecule has 0 bridgehead atoms. The van der Waals surface area contributed by atoms with Crippen molar-refractivity contribution in [3.05, 3.63) is 59.7 Å². The number of anilines is 1. The Balaban J connectivity index is 2.11. The minimum absolute atomic E-state index is 0.146. The third kappa shape index (κ3) is 6.48. The fourth-order valence-corrected chi connectivity index (χ4v) is 4.19. The second kappa shape index (κ2) is 10.1. The molecule has 0 fully saturated rings. The van der Waals surface area contributed by atoms with Gasteiger partial charge in [0.05, 0.1) is 12.7 Å². The summed E-state index contributed by atoms with van der Waals surface area (Å²) in [5, 5.41) is 14.2. The van der Waals surface area contributed by atoms with Gasteiger partial charge in [0.15, 0.2) is 0 Å². The Bertz CT molecular complexity index is 750. The van der Waals surface area contributed by atoms with E-state index in [9.17, 15) is 5.11 Å². The van der Waals surface area contributed by atoms with Crippen molar-refractivity contribution in [2.45, 2.75) is 57.6 Å². The topological polar surface area (TPSA) is 44.7 Å². The van der Waals surface area contributed by atoms with Gasteiger partial charge in [0.1, 0.15) is 5.75 Å². The number of hydrogen-bond acceptors (Lipinski definition) is 4. The molecular weight excluding hydrogens is 360 g/mol. The first kappa shape index (κ1) is 23.2. The lowest BCUT2D eigenvalue weighted by Gasteiger charge is -2.39. The summed E-state index contributed by atoms with van der Waals surface area (Å²) in [6.07, 6.45) is 2.57. The van der Waals surface area contributed by atoms with Crippen molar-refractivity contribution in [3.63, 3.8) is 0 Å². The number of nitrogens with one attached hydrogen (secondary N) is 1. The number of aliphatic hydroxyl groups is 1. The lowest BCUT2D eigenvalue weighted by molar-refractivity contribution is 0.0394. The molecule has 4 nitrogen and oxygen atoms in total. The summed E-state index contributed by atoms with van der Waals surface area (Å²) in [5.41, 5.74) is 2.77. The van der Waals surface area contributed by atoms with Crippen LogP contribution < -0.4 is 15.0 Å². The molecule has 0 aliphatic carbocycles. The molecule has 2 aromatic carbocycles. The van der Waals surface area contributed by atoms with Crippen molar-refractivity contribution in [1.82, 2.24) is 5.32 Å². The molecule has 29 heavy (non-hydrogen) atoms. The minimum Gasteiger partial charge on any atom is -0.496 e. The van der Waals surface area contributed by atoms with Crippen LogP contribution in [0.5, 0.6) is 5.75 Å². The zero-order chi connectivity index (χ0) is 21.5. The van der Waals surface area contributed by atoms with E-state index in [1.165, 1.54) is 16.8 Å². The van der Waals surface area contributed by atoms with Crippen LogP contribution in [0.3, 0.4) is 0 Å². The molecule has 2 N–H and O–H groups in total. The molecule has 4 heteroatoms. The summed E-state index contributed by atoms with van der Waals surface area (Å²) in [6, 6.07) is 16.9. The molecule has 2 rings (SSSR count). The summed E-state index contributed by atoms with van der Waals surface area (Å²) in [5.74, 6) is 0.901. The first-order valence-corrected chi connectivity index (χ1v) is 10.5. The Labute approximate surface area is 176 Å². The maximum atomic E-state index is 10.6. The average Bonchev–Trinajstić information content (AvgIpc) is 2.69. The van der Waals surface area contributed by atoms with Gasteiger partial charge < -0.3 is 20.1 Å². The fraction of sp³-hybridized carbons (Fsp3) is 0.520. The van der Waals surface area contributed by atoms with Crippen LogP contribution in [0, 0.1) is 0 Å². The van der Waals surface area contributed by atoms with Gasteiger partial charge in [0, 0.05) is 37.3 Å². The van der Waals surface area contributed by atoms with Gasteiger partial charge in [0.2, 0.25) is 0 Å². The van der Waals surface area contributed by atoms with E-state index in [4.69, 9.17) is 4.74 Å². The molecule has 0 amide bonds. The summed E-state index contributed by atoms with van der Waals surface area (Å²) < 4.78 is 5.67. The predicted octanol–water partition coefficient (Wildman–Crippen LogP) is 4.75. The monoisotopic (exact) mass is 398 g/mol. The lowest BCUT2D eigenvalue weighted by Crippen LogP contribution is -2.38. The van der Waals surface area contributed by atoms with Gasteiger partial charge in [-0.25, -0.2) is 0 Å². The van der Waals surface area contributed by atoms with Crippen molar-refractivity contribution in [3.8, 4) is 5.75 Å². The summed E-state index contributed by atoms with van der Waals surface area (Å²) >= 11 is 0. The smallest absolute Gasteiger partial charge is 0.122 e. The third-order valence-corrected chi connectivity index (χ3v) is 5.69. The van der Waals surface area contributed by atoms with Crippen LogP contribution in [0.1, 0.15) is 51.2 Å². The Morgan fingerprint density at radius 1 is 1.03 bits per heavy atom. The molecule has 0 saturated carbocycles. The molecular formula is C25H38N2O2. The van der Waals surface area contributed by atoms with E-state index < -0.39 is 5.60 Å². The molecule has 0 aliphatic heterocycles. The molecule has 0 heterocycles. The standard InChI is InChI=1S/C25H38N2O2/c1-7-25(19-24(2,3)28,22-10-8-9-11-23(22)29-6)16-17-26-18-20-12-14-21(15-13-20)27(4)5/h8-15,26,28H,7,16-19H2,1-6H3. The van der Waals surface area contributed by atoms with Crippen LogP contribution in [-0.4, -0.2) is 38.5 Å². The van der Waals surface area contributed by atoms with Crippen LogP contribution in [0.15, 0.2) is 48.5 Å². The molecule has 0 saturated heterocycles. The van der Waals surface area contributed by atoms with Gasteiger partial charge >= 0.3 is 0 Å². The number of methoxy groups -OCH3 is 1. The highest BCUT2D eigenvalue weighted by molar-refractivity contribution is 5.46. The number of rotatable bonds is 11. The highest BCUT2D eigenvalue weighted by Crippen LogP contribution is 2.43. The van der Waals surface area contributed by atoms with Crippen LogP contribution >= 0.6 is 0 Å². The quantitative estimate of drug-likeness (QED) is 0.536. The number of ether oxygens (including phenoxy) is 1. The molecule has 160 valence electrons. The molecule has 1 atom stereocenters. The van der Waals surface area contributed by atoms with Gasteiger partial charge in [-0.3, -0.25) is 0 Å². The third-order valence-electron chi connectivity index (χ3n) is 5.69. The first-order valence-electron chi connectivity index (χ1n) is 10.5. The SMILES string of the molecule is CCC(CCNCc1ccc(N(C)C)cc1)(CC(C)(C)O)c1ccccc1OC. The van der Waals surface area contributed by atoms with Gasteiger partial charge in [-0.2, -0.15) is 0 Å². The Morgan fingerprint density at radius 3 is 2.24 bits per heavy atom. The van der Waals surface area contributed by atoms with E-state index in [1.54, 1.807) is 7.11 Å². The van der Waals surface area contributed by atoms with Crippen molar-refractivity contribution in [1.29, 1.82) is 0 Å². The Hall–Kier alpha value is -2.04. The maximum Gasteiger partial charge on any atom is 0.122 e. The molecule has 1 unspecified atom stereocenters. The minimum atomic E-state index is -0.751. The Morgan fingerprint density at radius 2 is 1.69 bits per heavy atom. The van der Waals surface area contributed by atoms with Gasteiger partial charge in [-0.1, -0.05) is 37.3 Å². The largest absolute Gasteiger partial charge is 0.496 e. The number of para-hydroxylation sites is 1. The zero-order valence-electron chi connectivity index (χ0n) is 19.0.